The highest BCUT2D eigenvalue weighted by Gasteiger charge is 2.07. The molecule has 0 unspecified atom stereocenters. The zero-order valence-corrected chi connectivity index (χ0v) is 11.6. The zero-order valence-electron chi connectivity index (χ0n) is 10.8. The van der Waals surface area contributed by atoms with E-state index in [0.717, 1.165) is 25.2 Å². The van der Waals surface area contributed by atoms with Gasteiger partial charge in [0, 0.05) is 25.4 Å². The van der Waals surface area contributed by atoms with E-state index in [0.29, 0.717) is 10.7 Å². The van der Waals surface area contributed by atoms with Crippen molar-refractivity contribution in [1.82, 2.24) is 19.7 Å². The normalized spacial score (nSPS) is 11.1. The molecule has 2 aromatic rings. The van der Waals surface area contributed by atoms with Crippen molar-refractivity contribution in [2.24, 2.45) is 5.92 Å². The van der Waals surface area contributed by atoms with Crippen LogP contribution in [-0.2, 0) is 19.4 Å². The van der Waals surface area contributed by atoms with Crippen molar-refractivity contribution in [3.63, 3.8) is 0 Å². The first kappa shape index (κ1) is 13.0. The van der Waals surface area contributed by atoms with E-state index in [9.17, 15) is 0 Å². The lowest BCUT2D eigenvalue weighted by molar-refractivity contribution is 0.502. The summed E-state index contributed by atoms with van der Waals surface area (Å²) in [6, 6.07) is 4.07. The Morgan fingerprint density at radius 3 is 2.67 bits per heavy atom. The molecule has 0 amide bonds. The highest BCUT2D eigenvalue weighted by atomic mass is 32.1. The third-order valence-electron chi connectivity index (χ3n) is 2.77. The van der Waals surface area contributed by atoms with Gasteiger partial charge in [-0.15, -0.1) is 0 Å². The van der Waals surface area contributed by atoms with Crippen LogP contribution in [0, 0.1) is 10.7 Å². The summed E-state index contributed by atoms with van der Waals surface area (Å²) in [6.07, 6.45) is 5.49. The molecule has 4 nitrogen and oxygen atoms in total. The molecule has 0 aromatic carbocycles. The van der Waals surface area contributed by atoms with Crippen LogP contribution in [-0.4, -0.2) is 19.7 Å². The van der Waals surface area contributed by atoms with Crippen LogP contribution in [0.25, 0.3) is 0 Å². The molecule has 5 heteroatoms. The summed E-state index contributed by atoms with van der Waals surface area (Å²) >= 11 is 5.26. The number of aromatic nitrogens is 4. The fourth-order valence-corrected chi connectivity index (χ4v) is 2.13. The summed E-state index contributed by atoms with van der Waals surface area (Å²) in [5.74, 6) is 1.60. The molecule has 0 radical (unpaired) electrons. The minimum absolute atomic E-state index is 0.564. The summed E-state index contributed by atoms with van der Waals surface area (Å²) in [5.41, 5.74) is 1.27. The van der Waals surface area contributed by atoms with Crippen LogP contribution in [0.5, 0.6) is 0 Å². The van der Waals surface area contributed by atoms with Gasteiger partial charge in [-0.1, -0.05) is 13.8 Å². The van der Waals surface area contributed by atoms with Crippen LogP contribution in [0.3, 0.4) is 0 Å². The van der Waals surface area contributed by atoms with E-state index in [2.05, 4.69) is 33.6 Å². The number of hydrogen-bond acceptors (Lipinski definition) is 3. The van der Waals surface area contributed by atoms with Crippen LogP contribution in [0.1, 0.15) is 25.2 Å². The van der Waals surface area contributed by atoms with Gasteiger partial charge in [0.05, 0.1) is 0 Å². The van der Waals surface area contributed by atoms with Crippen molar-refractivity contribution in [3.8, 4) is 0 Å². The molecular formula is C13H18N4S. The second-order valence-corrected chi connectivity index (χ2v) is 5.19. The number of nitrogens with one attached hydrogen (secondary N) is 1. The van der Waals surface area contributed by atoms with Gasteiger partial charge in [0.2, 0.25) is 0 Å². The molecule has 1 N–H and O–H groups in total. The van der Waals surface area contributed by atoms with Crippen LogP contribution < -0.4 is 0 Å². The van der Waals surface area contributed by atoms with Gasteiger partial charge in [-0.2, -0.15) is 5.10 Å². The lowest BCUT2D eigenvalue weighted by atomic mass is 10.1. The fourth-order valence-electron chi connectivity index (χ4n) is 1.90. The minimum Gasteiger partial charge on any atom is -0.304 e. The summed E-state index contributed by atoms with van der Waals surface area (Å²) in [7, 11) is 0. The van der Waals surface area contributed by atoms with Crippen molar-refractivity contribution in [1.29, 1.82) is 0 Å². The summed E-state index contributed by atoms with van der Waals surface area (Å²) in [5, 5.41) is 7.20. The molecule has 2 heterocycles. The lowest BCUT2D eigenvalue weighted by Gasteiger charge is -2.09. The predicted molar refractivity (Wildman–Crippen MR) is 73.9 cm³/mol. The molecule has 96 valence electrons. The van der Waals surface area contributed by atoms with Crippen LogP contribution in [0.2, 0.25) is 0 Å². The molecule has 0 fully saturated rings. The third-order valence-corrected chi connectivity index (χ3v) is 3.08. The van der Waals surface area contributed by atoms with Crippen molar-refractivity contribution < 1.29 is 0 Å². The maximum atomic E-state index is 5.26. The number of aryl methyl sites for hydroxylation is 2. The van der Waals surface area contributed by atoms with Crippen molar-refractivity contribution in [2.75, 3.05) is 0 Å². The quantitative estimate of drug-likeness (QED) is 0.843. The molecule has 18 heavy (non-hydrogen) atoms. The molecule has 0 spiro atoms. The van der Waals surface area contributed by atoms with Crippen molar-refractivity contribution >= 4 is 12.2 Å². The molecule has 0 atom stereocenters. The third kappa shape index (κ3) is 3.26. The van der Waals surface area contributed by atoms with E-state index in [1.54, 1.807) is 0 Å². The van der Waals surface area contributed by atoms with Gasteiger partial charge in [0.25, 0.3) is 0 Å². The fraction of sp³-hybridized carbons (Fsp3) is 0.462. The second-order valence-electron chi connectivity index (χ2n) is 4.80. The standard InChI is InChI=1S/C13H18N4S/c1-10(2)9-17-12(15-16-13(17)18)4-3-11-5-7-14-8-6-11/h5-8,10H,3-4,9H2,1-2H3,(H,16,18). The van der Waals surface area contributed by atoms with E-state index < -0.39 is 0 Å². The van der Waals surface area contributed by atoms with Crippen molar-refractivity contribution in [2.45, 2.75) is 33.2 Å². The Labute approximate surface area is 112 Å². The predicted octanol–water partition coefficient (Wildman–Crippen LogP) is 2.78. The van der Waals surface area contributed by atoms with Crippen LogP contribution >= 0.6 is 12.2 Å². The summed E-state index contributed by atoms with van der Waals surface area (Å²) in [4.78, 5) is 4.02. The molecule has 0 bridgehead atoms. The highest BCUT2D eigenvalue weighted by molar-refractivity contribution is 7.71. The van der Waals surface area contributed by atoms with Gasteiger partial charge in [-0.3, -0.25) is 10.1 Å². The van der Waals surface area contributed by atoms with Gasteiger partial charge in [-0.25, -0.2) is 0 Å². The lowest BCUT2D eigenvalue weighted by Crippen LogP contribution is -2.09. The first-order chi connectivity index (χ1) is 8.66. The summed E-state index contributed by atoms with van der Waals surface area (Å²) < 4.78 is 2.81. The molecular weight excluding hydrogens is 244 g/mol. The maximum absolute atomic E-state index is 5.26. The SMILES string of the molecule is CC(C)Cn1c(CCc2ccncc2)n[nH]c1=S. The van der Waals surface area contributed by atoms with E-state index in [1.165, 1.54) is 5.56 Å². The molecule has 2 aromatic heterocycles. The Morgan fingerprint density at radius 1 is 1.28 bits per heavy atom. The molecule has 0 aliphatic rings. The summed E-state index contributed by atoms with van der Waals surface area (Å²) in [6.45, 7) is 5.28. The van der Waals surface area contributed by atoms with Crippen LogP contribution in [0.15, 0.2) is 24.5 Å². The Hall–Kier alpha value is -1.49. The first-order valence-corrected chi connectivity index (χ1v) is 6.60. The number of pyridine rings is 1. The molecule has 2 rings (SSSR count). The highest BCUT2D eigenvalue weighted by Crippen LogP contribution is 2.08. The Morgan fingerprint density at radius 2 is 2.00 bits per heavy atom. The van der Waals surface area contributed by atoms with Gasteiger partial charge >= 0.3 is 0 Å². The monoisotopic (exact) mass is 262 g/mol. The van der Waals surface area contributed by atoms with Crippen LogP contribution in [0.4, 0.5) is 0 Å². The smallest absolute Gasteiger partial charge is 0.195 e. The minimum atomic E-state index is 0.564. The van der Waals surface area contributed by atoms with Gasteiger partial charge in [0.1, 0.15) is 5.82 Å². The van der Waals surface area contributed by atoms with E-state index in [-0.39, 0.29) is 0 Å². The molecule has 0 saturated carbocycles. The Kier molecular flexibility index (Phi) is 4.25. The molecule has 0 saturated heterocycles. The number of aromatic amines is 1. The molecule has 0 aliphatic heterocycles. The average Bonchev–Trinajstić information content (AvgIpc) is 2.69. The number of hydrogen-bond donors (Lipinski definition) is 1. The zero-order chi connectivity index (χ0) is 13.0. The molecule has 0 aliphatic carbocycles. The van der Waals surface area contributed by atoms with Gasteiger partial charge < -0.3 is 4.57 Å². The van der Waals surface area contributed by atoms with Crippen molar-refractivity contribution in [3.05, 3.63) is 40.7 Å². The largest absolute Gasteiger partial charge is 0.304 e. The van der Waals surface area contributed by atoms with E-state index in [1.807, 2.05) is 24.5 Å². The van der Waals surface area contributed by atoms with Gasteiger partial charge in [0.15, 0.2) is 4.77 Å². The van der Waals surface area contributed by atoms with Gasteiger partial charge in [-0.05, 0) is 42.3 Å². The number of H-pyrrole nitrogens is 1. The number of nitrogens with zero attached hydrogens (tertiary/aromatic N) is 3. The average molecular weight is 262 g/mol. The van der Waals surface area contributed by atoms with E-state index >= 15 is 0 Å². The Bertz CT molecular complexity index is 542. The second kappa shape index (κ2) is 5.91. The first-order valence-electron chi connectivity index (χ1n) is 6.20. The maximum Gasteiger partial charge on any atom is 0.195 e. The van der Waals surface area contributed by atoms with E-state index in [4.69, 9.17) is 12.2 Å². The number of rotatable bonds is 5. The Balaban J connectivity index is 2.08. The topological polar surface area (TPSA) is 46.5 Å².